The lowest BCUT2D eigenvalue weighted by Crippen LogP contribution is -2.34. The normalized spacial score (nSPS) is 22.0. The standard InChI is InChI=1S/C13H16N2OS/c14-9-3-4-10-11(7-9)17-8-13(12(16)15-10)5-1-2-6-13/h3-4,7H,1-2,5-6,8,14H2,(H,15,16). The van der Waals surface area contributed by atoms with Crippen molar-refractivity contribution in [3.05, 3.63) is 18.2 Å². The first-order chi connectivity index (χ1) is 8.20. The number of nitrogen functional groups attached to an aromatic ring is 1. The largest absolute Gasteiger partial charge is 0.399 e. The Hall–Kier alpha value is -1.16. The number of nitrogens with two attached hydrogens (primary N) is 1. The Kier molecular flexibility index (Phi) is 2.54. The molecule has 0 bridgehead atoms. The number of carbonyl (C=O) groups is 1. The molecule has 0 atom stereocenters. The summed E-state index contributed by atoms with van der Waals surface area (Å²) >= 11 is 1.76. The molecule has 90 valence electrons. The first-order valence-corrected chi connectivity index (χ1v) is 7.02. The van der Waals surface area contributed by atoms with Crippen molar-refractivity contribution in [1.82, 2.24) is 0 Å². The van der Waals surface area contributed by atoms with Crippen LogP contribution in [0.1, 0.15) is 25.7 Å². The van der Waals surface area contributed by atoms with Gasteiger partial charge in [0.1, 0.15) is 0 Å². The molecule has 0 unspecified atom stereocenters. The van der Waals surface area contributed by atoms with E-state index in [1.54, 1.807) is 11.8 Å². The Morgan fingerprint density at radius 3 is 2.82 bits per heavy atom. The monoisotopic (exact) mass is 248 g/mol. The molecule has 1 heterocycles. The minimum atomic E-state index is -0.140. The number of benzene rings is 1. The fraction of sp³-hybridized carbons (Fsp3) is 0.462. The summed E-state index contributed by atoms with van der Waals surface area (Å²) in [5, 5.41) is 3.07. The third-order valence-corrected chi connectivity index (χ3v) is 5.15. The molecule has 1 aromatic rings. The van der Waals surface area contributed by atoms with Gasteiger partial charge in [-0.15, -0.1) is 11.8 Å². The van der Waals surface area contributed by atoms with E-state index < -0.39 is 0 Å². The third kappa shape index (κ3) is 1.80. The predicted molar refractivity (Wildman–Crippen MR) is 71.1 cm³/mol. The van der Waals surface area contributed by atoms with Crippen molar-refractivity contribution in [3.8, 4) is 0 Å². The zero-order chi connectivity index (χ0) is 11.9. The van der Waals surface area contributed by atoms with Crippen molar-refractivity contribution in [1.29, 1.82) is 0 Å². The second-order valence-electron chi connectivity index (χ2n) is 4.99. The molecule has 17 heavy (non-hydrogen) atoms. The second kappa shape index (κ2) is 3.95. The van der Waals surface area contributed by atoms with Crippen molar-refractivity contribution in [2.75, 3.05) is 16.8 Å². The summed E-state index contributed by atoms with van der Waals surface area (Å²) in [5.41, 5.74) is 7.32. The second-order valence-corrected chi connectivity index (χ2v) is 6.00. The van der Waals surface area contributed by atoms with Gasteiger partial charge in [0.25, 0.3) is 0 Å². The number of nitrogens with one attached hydrogen (secondary N) is 1. The van der Waals surface area contributed by atoms with E-state index in [0.29, 0.717) is 0 Å². The molecule has 4 heteroatoms. The van der Waals surface area contributed by atoms with Gasteiger partial charge in [-0.1, -0.05) is 12.8 Å². The lowest BCUT2D eigenvalue weighted by Gasteiger charge is -2.24. The number of carbonyl (C=O) groups excluding carboxylic acids is 1. The summed E-state index contributed by atoms with van der Waals surface area (Å²) < 4.78 is 0. The maximum Gasteiger partial charge on any atom is 0.231 e. The van der Waals surface area contributed by atoms with Gasteiger partial charge in [0, 0.05) is 16.3 Å². The summed E-state index contributed by atoms with van der Waals surface area (Å²) in [5.74, 6) is 1.08. The van der Waals surface area contributed by atoms with Gasteiger partial charge in [-0.3, -0.25) is 4.79 Å². The number of amides is 1. The van der Waals surface area contributed by atoms with Crippen LogP contribution in [-0.2, 0) is 4.79 Å². The summed E-state index contributed by atoms with van der Waals surface area (Å²) in [6.07, 6.45) is 4.39. The van der Waals surface area contributed by atoms with Crippen molar-refractivity contribution in [3.63, 3.8) is 0 Å². The highest BCUT2D eigenvalue weighted by Gasteiger charge is 2.42. The van der Waals surface area contributed by atoms with Gasteiger partial charge in [-0.2, -0.15) is 0 Å². The molecule has 3 nitrogen and oxygen atoms in total. The van der Waals surface area contributed by atoms with Crippen LogP contribution in [0, 0.1) is 5.41 Å². The van der Waals surface area contributed by atoms with E-state index in [-0.39, 0.29) is 11.3 Å². The SMILES string of the molecule is Nc1ccc2c(c1)SCC1(CCCC1)C(=O)N2. The van der Waals surface area contributed by atoms with Crippen LogP contribution in [0.25, 0.3) is 0 Å². The van der Waals surface area contributed by atoms with Gasteiger partial charge in [-0.25, -0.2) is 0 Å². The lowest BCUT2D eigenvalue weighted by molar-refractivity contribution is -0.124. The van der Waals surface area contributed by atoms with Crippen LogP contribution in [-0.4, -0.2) is 11.7 Å². The number of anilines is 2. The topological polar surface area (TPSA) is 55.1 Å². The van der Waals surface area contributed by atoms with Gasteiger partial charge in [0.15, 0.2) is 0 Å². The number of thioether (sulfide) groups is 1. The highest BCUT2D eigenvalue weighted by molar-refractivity contribution is 7.99. The summed E-state index contributed by atoms with van der Waals surface area (Å²) in [4.78, 5) is 13.4. The first-order valence-electron chi connectivity index (χ1n) is 6.03. The zero-order valence-electron chi connectivity index (χ0n) is 9.66. The molecule has 1 aliphatic carbocycles. The lowest BCUT2D eigenvalue weighted by atomic mass is 9.87. The molecule has 2 aliphatic rings. The molecule has 3 rings (SSSR count). The van der Waals surface area contributed by atoms with Gasteiger partial charge in [-0.05, 0) is 31.0 Å². The highest BCUT2D eigenvalue weighted by atomic mass is 32.2. The van der Waals surface area contributed by atoms with E-state index in [9.17, 15) is 4.79 Å². The van der Waals surface area contributed by atoms with Crippen LogP contribution >= 0.6 is 11.8 Å². The average Bonchev–Trinajstić information content (AvgIpc) is 2.74. The maximum atomic E-state index is 12.3. The Bertz CT molecular complexity index is 466. The van der Waals surface area contributed by atoms with E-state index >= 15 is 0 Å². The van der Waals surface area contributed by atoms with Crippen LogP contribution in [0.2, 0.25) is 0 Å². The van der Waals surface area contributed by atoms with Crippen LogP contribution in [0.15, 0.2) is 23.1 Å². The summed E-state index contributed by atoms with van der Waals surface area (Å²) in [7, 11) is 0. The molecule has 0 aromatic heterocycles. The molecular formula is C13H16N2OS. The highest BCUT2D eigenvalue weighted by Crippen LogP contribution is 2.46. The minimum Gasteiger partial charge on any atom is -0.399 e. The minimum absolute atomic E-state index is 0.140. The Balaban J connectivity index is 1.96. The van der Waals surface area contributed by atoms with Gasteiger partial charge in [0.2, 0.25) is 5.91 Å². The number of fused-ring (bicyclic) bond motifs is 1. The number of rotatable bonds is 0. The molecule has 0 radical (unpaired) electrons. The fourth-order valence-corrected chi connectivity index (χ4v) is 4.07. The van der Waals surface area contributed by atoms with E-state index in [4.69, 9.17) is 5.73 Å². The van der Waals surface area contributed by atoms with Crippen molar-refractivity contribution in [2.45, 2.75) is 30.6 Å². The molecule has 1 aliphatic heterocycles. The van der Waals surface area contributed by atoms with Crippen molar-refractivity contribution in [2.24, 2.45) is 5.41 Å². The number of hydrogen-bond acceptors (Lipinski definition) is 3. The van der Waals surface area contributed by atoms with E-state index in [1.165, 1.54) is 12.8 Å². The van der Waals surface area contributed by atoms with Crippen LogP contribution < -0.4 is 11.1 Å². The molecule has 0 saturated heterocycles. The van der Waals surface area contributed by atoms with E-state index in [2.05, 4.69) is 5.32 Å². The molecular weight excluding hydrogens is 232 g/mol. The maximum absolute atomic E-state index is 12.3. The summed E-state index contributed by atoms with van der Waals surface area (Å²) in [6.45, 7) is 0. The number of hydrogen-bond donors (Lipinski definition) is 2. The van der Waals surface area contributed by atoms with Gasteiger partial charge < -0.3 is 11.1 Å². The molecule has 1 aromatic carbocycles. The van der Waals surface area contributed by atoms with Gasteiger partial charge >= 0.3 is 0 Å². The van der Waals surface area contributed by atoms with Crippen molar-refractivity contribution < 1.29 is 4.79 Å². The molecule has 3 N–H and O–H groups in total. The smallest absolute Gasteiger partial charge is 0.231 e. The fourth-order valence-electron chi connectivity index (χ4n) is 2.72. The van der Waals surface area contributed by atoms with Crippen LogP contribution in [0.3, 0.4) is 0 Å². The molecule has 1 saturated carbocycles. The average molecular weight is 248 g/mol. The molecule has 1 spiro atoms. The van der Waals surface area contributed by atoms with Crippen molar-refractivity contribution >= 4 is 29.0 Å². The quantitative estimate of drug-likeness (QED) is 0.694. The Labute approximate surface area is 105 Å². The summed E-state index contributed by atoms with van der Waals surface area (Å²) in [6, 6.07) is 5.70. The van der Waals surface area contributed by atoms with E-state index in [0.717, 1.165) is 34.9 Å². The molecule has 1 fully saturated rings. The van der Waals surface area contributed by atoms with Crippen LogP contribution in [0.4, 0.5) is 11.4 Å². The third-order valence-electron chi connectivity index (χ3n) is 3.80. The Morgan fingerprint density at radius 2 is 2.06 bits per heavy atom. The predicted octanol–water partition coefficient (Wildman–Crippen LogP) is 2.87. The Morgan fingerprint density at radius 1 is 1.29 bits per heavy atom. The molecule has 1 amide bonds. The van der Waals surface area contributed by atoms with E-state index in [1.807, 2.05) is 18.2 Å². The van der Waals surface area contributed by atoms with Gasteiger partial charge in [0.05, 0.1) is 11.1 Å². The zero-order valence-corrected chi connectivity index (χ0v) is 10.5. The van der Waals surface area contributed by atoms with Crippen LogP contribution in [0.5, 0.6) is 0 Å². The first kappa shape index (κ1) is 11.0.